The number of aromatic nitrogens is 1. The Hall–Kier alpha value is -3.07. The van der Waals surface area contributed by atoms with E-state index in [2.05, 4.69) is 33.2 Å². The molecule has 0 saturated heterocycles. The van der Waals surface area contributed by atoms with Crippen LogP contribution in [-0.2, 0) is 11.3 Å². The number of fused-ring (bicyclic) bond motifs is 3. The number of nitrogens with zero attached hydrogens (tertiary/aromatic N) is 1. The summed E-state index contributed by atoms with van der Waals surface area (Å²) in [5, 5.41) is 10.4. The fraction of sp³-hybridized carbons (Fsp3) is 0.0909. The first kappa shape index (κ1) is 19.3. The Balaban J connectivity index is 2.02. The van der Waals surface area contributed by atoms with Gasteiger partial charge in [-0.05, 0) is 64.6 Å². The summed E-state index contributed by atoms with van der Waals surface area (Å²) in [5.74, 6) is -1.21. The third-order valence-corrected chi connectivity index (χ3v) is 5.40. The van der Waals surface area contributed by atoms with Crippen molar-refractivity contribution in [2.75, 3.05) is 6.61 Å². The van der Waals surface area contributed by atoms with Crippen LogP contribution in [0.2, 0.25) is 0 Å². The fourth-order valence-corrected chi connectivity index (χ4v) is 4.21. The minimum absolute atomic E-state index is 0.375. The summed E-state index contributed by atoms with van der Waals surface area (Å²) >= 11 is 2.27. The molecule has 0 aliphatic heterocycles. The molecule has 0 atom stereocenters. The van der Waals surface area contributed by atoms with Crippen LogP contribution in [-0.4, -0.2) is 28.2 Å². The van der Waals surface area contributed by atoms with E-state index < -0.39 is 18.5 Å². The maximum Gasteiger partial charge on any atom is 0.341 e. The monoisotopic (exact) mass is 500 g/mol. The number of hydrogen-bond acceptors (Lipinski definition) is 3. The van der Waals surface area contributed by atoms with Gasteiger partial charge in [-0.2, -0.15) is 0 Å². The van der Waals surface area contributed by atoms with Crippen LogP contribution in [0.5, 0.6) is 5.75 Å². The average molecular weight is 500 g/mol. The van der Waals surface area contributed by atoms with Gasteiger partial charge in [-0.1, -0.05) is 24.3 Å². The van der Waals surface area contributed by atoms with Crippen molar-refractivity contribution in [2.24, 2.45) is 5.73 Å². The van der Waals surface area contributed by atoms with Gasteiger partial charge in [0.1, 0.15) is 5.75 Å². The number of nitrogens with two attached hydrogens (primary N) is 1. The van der Waals surface area contributed by atoms with Crippen LogP contribution >= 0.6 is 22.6 Å². The molecular weight excluding hydrogens is 483 g/mol. The van der Waals surface area contributed by atoms with Gasteiger partial charge in [-0.3, -0.25) is 4.79 Å². The zero-order valence-electron chi connectivity index (χ0n) is 15.3. The largest absolute Gasteiger partial charge is 0.481 e. The van der Waals surface area contributed by atoms with Crippen molar-refractivity contribution in [2.45, 2.75) is 6.54 Å². The molecule has 0 fully saturated rings. The van der Waals surface area contributed by atoms with E-state index in [-0.39, 0.29) is 0 Å². The van der Waals surface area contributed by atoms with E-state index in [1.54, 1.807) is 18.2 Å². The number of amides is 1. The van der Waals surface area contributed by atoms with Crippen molar-refractivity contribution in [1.29, 1.82) is 0 Å². The van der Waals surface area contributed by atoms with Crippen LogP contribution in [0.25, 0.3) is 21.8 Å². The van der Waals surface area contributed by atoms with Crippen LogP contribution in [0.3, 0.4) is 0 Å². The lowest BCUT2D eigenvalue weighted by molar-refractivity contribution is -0.139. The molecule has 29 heavy (non-hydrogen) atoms. The highest BCUT2D eigenvalue weighted by Gasteiger charge is 2.20. The highest BCUT2D eigenvalue weighted by molar-refractivity contribution is 14.1. The number of aliphatic carboxylic acids is 1. The number of ether oxygens (including phenoxy) is 1. The van der Waals surface area contributed by atoms with Crippen molar-refractivity contribution in [1.82, 2.24) is 4.57 Å². The minimum atomic E-state index is -1.07. The van der Waals surface area contributed by atoms with E-state index in [1.165, 1.54) is 0 Å². The van der Waals surface area contributed by atoms with Gasteiger partial charge < -0.3 is 20.1 Å². The van der Waals surface area contributed by atoms with Gasteiger partial charge in [0.25, 0.3) is 0 Å². The van der Waals surface area contributed by atoms with Gasteiger partial charge in [0.2, 0.25) is 5.91 Å². The highest BCUT2D eigenvalue weighted by atomic mass is 127. The van der Waals surface area contributed by atoms with Gasteiger partial charge in [-0.25, -0.2) is 4.79 Å². The molecule has 0 saturated carbocycles. The molecule has 0 spiro atoms. The Kier molecular flexibility index (Phi) is 5.14. The van der Waals surface area contributed by atoms with Crippen LogP contribution in [0, 0.1) is 3.57 Å². The van der Waals surface area contributed by atoms with E-state index in [1.807, 2.05) is 36.4 Å². The van der Waals surface area contributed by atoms with Crippen LogP contribution in [0.4, 0.5) is 0 Å². The lowest BCUT2D eigenvalue weighted by Crippen LogP contribution is -2.11. The maximum absolute atomic E-state index is 12.1. The van der Waals surface area contributed by atoms with E-state index in [0.29, 0.717) is 28.6 Å². The first-order chi connectivity index (χ1) is 14.0. The smallest absolute Gasteiger partial charge is 0.341 e. The Labute approximate surface area is 180 Å². The second-order valence-corrected chi connectivity index (χ2v) is 7.86. The third-order valence-electron chi connectivity index (χ3n) is 4.72. The lowest BCUT2D eigenvalue weighted by Gasteiger charge is -2.09. The molecule has 6 nitrogen and oxygen atoms in total. The molecule has 146 valence electrons. The summed E-state index contributed by atoms with van der Waals surface area (Å²) in [5.41, 5.74) is 8.80. The second-order valence-electron chi connectivity index (χ2n) is 6.61. The van der Waals surface area contributed by atoms with Crippen molar-refractivity contribution in [3.05, 3.63) is 75.4 Å². The van der Waals surface area contributed by atoms with Gasteiger partial charge in [0.15, 0.2) is 6.61 Å². The number of benzene rings is 3. The molecule has 1 aromatic heterocycles. The summed E-state index contributed by atoms with van der Waals surface area (Å²) in [7, 11) is 0. The molecule has 4 rings (SSSR count). The quantitative estimate of drug-likeness (QED) is 0.392. The van der Waals surface area contributed by atoms with Crippen molar-refractivity contribution >= 4 is 56.3 Å². The molecule has 0 aliphatic rings. The number of rotatable bonds is 6. The van der Waals surface area contributed by atoms with Gasteiger partial charge in [0, 0.05) is 21.1 Å². The third kappa shape index (κ3) is 3.65. The number of carbonyl (C=O) groups excluding carboxylic acids is 1. The number of carboxylic acid groups (broad SMARTS) is 1. The van der Waals surface area contributed by atoms with Crippen LogP contribution in [0.1, 0.15) is 15.9 Å². The van der Waals surface area contributed by atoms with Crippen LogP contribution in [0.15, 0.2) is 60.7 Å². The van der Waals surface area contributed by atoms with Gasteiger partial charge in [-0.15, -0.1) is 0 Å². The number of primary amides is 1. The number of carboxylic acids is 1. The zero-order valence-corrected chi connectivity index (χ0v) is 17.4. The summed E-state index contributed by atoms with van der Waals surface area (Å²) in [6, 6.07) is 19.0. The first-order valence-electron chi connectivity index (χ1n) is 8.88. The van der Waals surface area contributed by atoms with E-state index >= 15 is 0 Å². The first-order valence-corrected chi connectivity index (χ1v) is 9.96. The fourth-order valence-electron chi connectivity index (χ4n) is 3.61. The molecular formula is C22H17IN2O4. The summed E-state index contributed by atoms with van der Waals surface area (Å²) < 4.78 is 8.76. The lowest BCUT2D eigenvalue weighted by atomic mass is 10.1. The van der Waals surface area contributed by atoms with Crippen LogP contribution < -0.4 is 10.5 Å². The predicted octanol–water partition coefficient (Wildman–Crippen LogP) is 4.01. The minimum Gasteiger partial charge on any atom is -0.481 e. The molecule has 0 radical (unpaired) electrons. The number of hydrogen-bond donors (Lipinski definition) is 2. The molecule has 7 heteroatoms. The standard InChI is InChI=1S/C22H17IN2O4/c23-14-5-1-4-13(10-14)11-25-16-7-2-6-15(22(24)28)20(16)21-17(25)8-3-9-18(21)29-12-19(26)27/h1-10H,11-12H2,(H2,24,28)(H,26,27). The molecule has 3 N–H and O–H groups in total. The van der Waals surface area contributed by atoms with E-state index in [4.69, 9.17) is 15.6 Å². The highest BCUT2D eigenvalue weighted by Crippen LogP contribution is 2.38. The molecule has 0 unspecified atom stereocenters. The normalized spacial score (nSPS) is 11.1. The van der Waals surface area contributed by atoms with E-state index in [9.17, 15) is 9.59 Å². The second kappa shape index (κ2) is 7.75. The van der Waals surface area contributed by atoms with Crippen molar-refractivity contribution < 1.29 is 19.4 Å². The van der Waals surface area contributed by atoms with Gasteiger partial charge in [0.05, 0.1) is 16.4 Å². The topological polar surface area (TPSA) is 94.6 Å². The molecule has 3 aromatic carbocycles. The molecule has 0 bridgehead atoms. The summed E-state index contributed by atoms with van der Waals surface area (Å²) in [4.78, 5) is 23.1. The average Bonchev–Trinajstić information content (AvgIpc) is 3.01. The van der Waals surface area contributed by atoms with Crippen molar-refractivity contribution in [3.63, 3.8) is 0 Å². The molecule has 1 heterocycles. The molecule has 1 amide bonds. The zero-order chi connectivity index (χ0) is 20.5. The summed E-state index contributed by atoms with van der Waals surface area (Å²) in [6.45, 7) is 0.114. The Morgan fingerprint density at radius 2 is 1.69 bits per heavy atom. The SMILES string of the molecule is NC(=O)c1cccc2c1c1c(OCC(=O)O)cccc1n2Cc1cccc(I)c1. The van der Waals surface area contributed by atoms with Gasteiger partial charge >= 0.3 is 5.97 Å². The Morgan fingerprint density at radius 1 is 1.00 bits per heavy atom. The molecule has 0 aliphatic carbocycles. The predicted molar refractivity (Wildman–Crippen MR) is 119 cm³/mol. The maximum atomic E-state index is 12.1. The molecule has 4 aromatic rings. The Morgan fingerprint density at radius 3 is 2.38 bits per heavy atom. The Bertz CT molecular complexity index is 1260. The van der Waals surface area contributed by atoms with Crippen molar-refractivity contribution in [3.8, 4) is 5.75 Å². The summed E-state index contributed by atoms with van der Waals surface area (Å²) in [6.07, 6.45) is 0. The van der Waals surface area contributed by atoms with E-state index in [0.717, 1.165) is 20.2 Å². The number of carbonyl (C=O) groups is 2. The number of halogens is 1.